The quantitative estimate of drug-likeness (QED) is 0.534. The van der Waals surface area contributed by atoms with Crippen molar-refractivity contribution in [1.29, 1.82) is 0 Å². The molecule has 0 atom stereocenters. The number of halogens is 1. The van der Waals surface area contributed by atoms with E-state index in [2.05, 4.69) is 10.3 Å². The Morgan fingerprint density at radius 2 is 2.05 bits per heavy atom. The largest absolute Gasteiger partial charge is 0.322 e. The molecule has 0 saturated heterocycles. The van der Waals surface area contributed by atoms with Crippen LogP contribution in [-0.2, 0) is 0 Å². The van der Waals surface area contributed by atoms with Crippen molar-refractivity contribution < 1.29 is 9.72 Å². The average molecular weight is 306 g/mol. The highest BCUT2D eigenvalue weighted by molar-refractivity contribution is 6.33. The molecular formula is C14H12ClN3O3. The van der Waals surface area contributed by atoms with Gasteiger partial charge in [0.15, 0.2) is 0 Å². The lowest BCUT2D eigenvalue weighted by Crippen LogP contribution is -2.14. The van der Waals surface area contributed by atoms with Crippen molar-refractivity contribution in [3.8, 4) is 0 Å². The molecule has 1 aromatic carbocycles. The van der Waals surface area contributed by atoms with E-state index >= 15 is 0 Å². The van der Waals surface area contributed by atoms with Crippen LogP contribution >= 0.6 is 11.6 Å². The predicted molar refractivity (Wildman–Crippen MR) is 79.8 cm³/mol. The summed E-state index contributed by atoms with van der Waals surface area (Å²) in [6.07, 6.45) is 1.01. The van der Waals surface area contributed by atoms with Crippen LogP contribution < -0.4 is 5.32 Å². The number of rotatable bonds is 3. The molecule has 7 heteroatoms. The van der Waals surface area contributed by atoms with E-state index in [0.29, 0.717) is 5.69 Å². The van der Waals surface area contributed by atoms with Gasteiger partial charge < -0.3 is 5.32 Å². The molecule has 108 valence electrons. The lowest BCUT2D eigenvalue weighted by Gasteiger charge is -2.10. The minimum absolute atomic E-state index is 0.0354. The second-order valence-corrected chi connectivity index (χ2v) is 4.92. The molecule has 0 aliphatic rings. The second kappa shape index (κ2) is 5.88. The minimum Gasteiger partial charge on any atom is -0.322 e. The van der Waals surface area contributed by atoms with Crippen LogP contribution in [0.25, 0.3) is 0 Å². The van der Waals surface area contributed by atoms with Gasteiger partial charge in [-0.1, -0.05) is 23.7 Å². The summed E-state index contributed by atoms with van der Waals surface area (Å²) in [6.45, 7) is 3.75. The van der Waals surface area contributed by atoms with E-state index in [1.54, 1.807) is 0 Å². The van der Waals surface area contributed by atoms with Crippen molar-refractivity contribution in [2.75, 3.05) is 5.32 Å². The molecule has 2 aromatic rings. The molecule has 0 saturated carbocycles. The molecular weight excluding hydrogens is 294 g/mol. The summed E-state index contributed by atoms with van der Waals surface area (Å²) in [6, 6.07) is 6.72. The molecule has 2 rings (SSSR count). The van der Waals surface area contributed by atoms with Gasteiger partial charge in [-0.3, -0.25) is 14.9 Å². The molecule has 0 bridgehead atoms. The first-order valence-electron chi connectivity index (χ1n) is 6.07. The summed E-state index contributed by atoms with van der Waals surface area (Å²) in [4.78, 5) is 26.0. The van der Waals surface area contributed by atoms with Crippen molar-refractivity contribution in [3.05, 3.63) is 62.4 Å². The number of carbonyl (C=O) groups is 1. The van der Waals surface area contributed by atoms with Crippen LogP contribution in [0.3, 0.4) is 0 Å². The molecule has 21 heavy (non-hydrogen) atoms. The van der Waals surface area contributed by atoms with Gasteiger partial charge in [0.2, 0.25) is 0 Å². The molecule has 0 unspecified atom stereocenters. The average Bonchev–Trinajstić information content (AvgIpc) is 2.43. The lowest BCUT2D eigenvalue weighted by atomic mass is 10.1. The summed E-state index contributed by atoms with van der Waals surface area (Å²) in [5, 5.41) is 13.3. The Hall–Kier alpha value is -2.47. The van der Waals surface area contributed by atoms with Gasteiger partial charge in [-0.15, -0.1) is 0 Å². The van der Waals surface area contributed by atoms with Gasteiger partial charge in [-0.25, -0.2) is 4.98 Å². The third kappa shape index (κ3) is 3.35. The van der Waals surface area contributed by atoms with Crippen molar-refractivity contribution in [2.24, 2.45) is 0 Å². The van der Waals surface area contributed by atoms with Crippen LogP contribution in [0.2, 0.25) is 5.15 Å². The third-order valence-corrected chi connectivity index (χ3v) is 3.22. The number of anilines is 1. The number of pyridine rings is 1. The summed E-state index contributed by atoms with van der Waals surface area (Å²) in [5.41, 5.74) is 2.17. The number of aromatic nitrogens is 1. The molecule has 0 aliphatic heterocycles. The van der Waals surface area contributed by atoms with Gasteiger partial charge in [0.05, 0.1) is 10.5 Å². The maximum absolute atomic E-state index is 12.2. The van der Waals surface area contributed by atoms with E-state index in [1.165, 1.54) is 0 Å². The number of benzene rings is 1. The number of amides is 1. The van der Waals surface area contributed by atoms with Gasteiger partial charge in [0.1, 0.15) is 11.3 Å². The first-order valence-corrected chi connectivity index (χ1v) is 6.45. The fraction of sp³-hybridized carbons (Fsp3) is 0.143. The number of nitrogens with one attached hydrogen (secondary N) is 1. The molecule has 1 amide bonds. The van der Waals surface area contributed by atoms with E-state index in [-0.39, 0.29) is 16.4 Å². The van der Waals surface area contributed by atoms with Crippen LogP contribution in [-0.4, -0.2) is 15.8 Å². The summed E-state index contributed by atoms with van der Waals surface area (Å²) in [7, 11) is 0. The number of nitrogens with zero attached hydrogens (tertiary/aromatic N) is 2. The van der Waals surface area contributed by atoms with Crippen LogP contribution in [0, 0.1) is 24.0 Å². The van der Waals surface area contributed by atoms with E-state index in [1.807, 2.05) is 32.0 Å². The van der Waals surface area contributed by atoms with Gasteiger partial charge >= 0.3 is 0 Å². The van der Waals surface area contributed by atoms with Crippen LogP contribution in [0.1, 0.15) is 21.5 Å². The van der Waals surface area contributed by atoms with Crippen molar-refractivity contribution >= 4 is 28.9 Å². The Kier molecular flexibility index (Phi) is 4.18. The molecule has 1 heterocycles. The van der Waals surface area contributed by atoms with Gasteiger partial charge in [0, 0.05) is 11.8 Å². The standard InChI is InChI=1S/C14H12ClN3O3/c1-8-3-4-9(2)12(5-8)17-14(19)11-6-10(18(20)21)7-16-13(11)15/h3-7H,1-2H3,(H,17,19). The topological polar surface area (TPSA) is 85.1 Å². The Bertz CT molecular complexity index is 731. The van der Waals surface area contributed by atoms with E-state index in [4.69, 9.17) is 11.6 Å². The van der Waals surface area contributed by atoms with Crippen LogP contribution in [0.15, 0.2) is 30.5 Å². The number of hydrogen-bond donors (Lipinski definition) is 1. The zero-order valence-corrected chi connectivity index (χ0v) is 12.1. The maximum Gasteiger partial charge on any atom is 0.288 e. The number of carbonyl (C=O) groups excluding carboxylic acids is 1. The van der Waals surface area contributed by atoms with Crippen molar-refractivity contribution in [2.45, 2.75) is 13.8 Å². The molecule has 0 fully saturated rings. The first kappa shape index (κ1) is 14.9. The monoisotopic (exact) mass is 305 g/mol. The van der Waals surface area contributed by atoms with Gasteiger partial charge in [-0.05, 0) is 31.0 Å². The lowest BCUT2D eigenvalue weighted by molar-refractivity contribution is -0.385. The predicted octanol–water partition coefficient (Wildman–Crippen LogP) is 3.51. The fourth-order valence-corrected chi connectivity index (χ4v) is 1.95. The molecule has 1 N–H and O–H groups in total. The minimum atomic E-state index is -0.627. The highest BCUT2D eigenvalue weighted by Gasteiger charge is 2.17. The second-order valence-electron chi connectivity index (χ2n) is 4.56. The SMILES string of the molecule is Cc1ccc(C)c(NC(=O)c2cc([N+](=O)[O-])cnc2Cl)c1. The molecule has 0 radical (unpaired) electrons. The normalized spacial score (nSPS) is 10.2. The molecule has 0 spiro atoms. The zero-order valence-electron chi connectivity index (χ0n) is 11.4. The molecule has 1 aromatic heterocycles. The summed E-state index contributed by atoms with van der Waals surface area (Å²) < 4.78 is 0. The van der Waals surface area contributed by atoms with E-state index in [9.17, 15) is 14.9 Å². The first-order chi connectivity index (χ1) is 9.88. The smallest absolute Gasteiger partial charge is 0.288 e. The van der Waals surface area contributed by atoms with Crippen molar-refractivity contribution in [1.82, 2.24) is 4.98 Å². The van der Waals surface area contributed by atoms with Gasteiger partial charge in [-0.2, -0.15) is 0 Å². The zero-order chi connectivity index (χ0) is 15.6. The maximum atomic E-state index is 12.2. The Balaban J connectivity index is 2.34. The van der Waals surface area contributed by atoms with Crippen LogP contribution in [0.4, 0.5) is 11.4 Å². The Labute approximate surface area is 125 Å². The highest BCUT2D eigenvalue weighted by atomic mass is 35.5. The fourth-order valence-electron chi connectivity index (χ4n) is 1.76. The van der Waals surface area contributed by atoms with Gasteiger partial charge in [0.25, 0.3) is 11.6 Å². The number of aryl methyl sites for hydroxylation is 2. The Morgan fingerprint density at radius 3 is 2.71 bits per heavy atom. The Morgan fingerprint density at radius 1 is 1.33 bits per heavy atom. The van der Waals surface area contributed by atoms with E-state index < -0.39 is 10.8 Å². The van der Waals surface area contributed by atoms with Crippen molar-refractivity contribution in [3.63, 3.8) is 0 Å². The van der Waals surface area contributed by atoms with Crippen LogP contribution in [0.5, 0.6) is 0 Å². The summed E-state index contributed by atoms with van der Waals surface area (Å²) in [5.74, 6) is -0.537. The number of hydrogen-bond acceptors (Lipinski definition) is 4. The third-order valence-electron chi connectivity index (χ3n) is 2.92. The number of nitro groups is 1. The molecule has 6 nitrogen and oxygen atoms in total. The molecule has 0 aliphatic carbocycles. The van der Waals surface area contributed by atoms with E-state index in [0.717, 1.165) is 23.4 Å². The highest BCUT2D eigenvalue weighted by Crippen LogP contribution is 2.22. The summed E-state index contributed by atoms with van der Waals surface area (Å²) >= 11 is 5.84.